The zero-order valence-corrected chi connectivity index (χ0v) is 16.3. The lowest BCUT2D eigenvalue weighted by Crippen LogP contribution is -2.25. The Morgan fingerprint density at radius 3 is 2.33 bits per heavy atom. The number of nitrogens with one attached hydrogen (secondary N) is 1. The first kappa shape index (κ1) is 19.2. The molecule has 0 aliphatic rings. The molecule has 0 saturated heterocycles. The van der Waals surface area contributed by atoms with E-state index < -0.39 is 0 Å². The van der Waals surface area contributed by atoms with Crippen LogP contribution < -0.4 is 10.1 Å². The highest BCUT2D eigenvalue weighted by molar-refractivity contribution is 5.29. The molecule has 1 unspecified atom stereocenters. The van der Waals surface area contributed by atoms with Crippen molar-refractivity contribution in [2.45, 2.75) is 45.9 Å². The van der Waals surface area contributed by atoms with Gasteiger partial charge in [0.15, 0.2) is 0 Å². The predicted octanol–water partition coefficient (Wildman–Crippen LogP) is 5.68. The Morgan fingerprint density at radius 2 is 1.56 bits per heavy atom. The first-order chi connectivity index (χ1) is 13.2. The van der Waals surface area contributed by atoms with Gasteiger partial charge in [-0.05, 0) is 55.5 Å². The van der Waals surface area contributed by atoms with Crippen LogP contribution in [0.15, 0.2) is 78.9 Å². The van der Waals surface area contributed by atoms with Gasteiger partial charge < -0.3 is 10.1 Å². The summed E-state index contributed by atoms with van der Waals surface area (Å²) in [5, 5.41) is 3.62. The zero-order chi connectivity index (χ0) is 18.9. The molecule has 1 N–H and O–H groups in total. The molecule has 1 atom stereocenters. The number of benzene rings is 3. The van der Waals surface area contributed by atoms with Gasteiger partial charge in [-0.1, -0.05) is 72.3 Å². The van der Waals surface area contributed by atoms with Crippen molar-refractivity contribution in [3.05, 3.63) is 101 Å². The van der Waals surface area contributed by atoms with Crippen molar-refractivity contribution in [1.82, 2.24) is 5.32 Å². The van der Waals surface area contributed by atoms with Crippen LogP contribution in [0.25, 0.3) is 0 Å². The molecule has 27 heavy (non-hydrogen) atoms. The van der Waals surface area contributed by atoms with E-state index in [2.05, 4.69) is 92.0 Å². The van der Waals surface area contributed by atoms with Crippen LogP contribution in [0, 0.1) is 6.92 Å². The molecule has 140 valence electrons. The minimum absolute atomic E-state index is 0.474. The fourth-order valence-corrected chi connectivity index (χ4v) is 3.02. The Bertz CT molecular complexity index is 811. The van der Waals surface area contributed by atoms with Gasteiger partial charge in [0, 0.05) is 12.6 Å². The first-order valence-corrected chi connectivity index (χ1v) is 9.73. The zero-order valence-electron chi connectivity index (χ0n) is 16.3. The summed E-state index contributed by atoms with van der Waals surface area (Å²) in [5.41, 5.74) is 5.12. The van der Waals surface area contributed by atoms with E-state index >= 15 is 0 Å². The summed E-state index contributed by atoms with van der Waals surface area (Å²) in [6, 6.07) is 28.0. The van der Waals surface area contributed by atoms with Crippen molar-refractivity contribution in [2.24, 2.45) is 0 Å². The molecule has 0 radical (unpaired) electrons. The van der Waals surface area contributed by atoms with Gasteiger partial charge >= 0.3 is 0 Å². The molecule has 0 spiro atoms. The van der Waals surface area contributed by atoms with Crippen LogP contribution >= 0.6 is 0 Å². The van der Waals surface area contributed by atoms with E-state index in [4.69, 9.17) is 4.74 Å². The third-order valence-corrected chi connectivity index (χ3v) is 4.79. The average molecular weight is 360 g/mol. The van der Waals surface area contributed by atoms with E-state index in [1.54, 1.807) is 0 Å². The van der Waals surface area contributed by atoms with E-state index in [1.165, 1.54) is 22.3 Å². The monoisotopic (exact) mass is 359 g/mol. The van der Waals surface area contributed by atoms with Crippen molar-refractivity contribution in [2.75, 3.05) is 0 Å². The molecule has 0 aromatic heterocycles. The molecule has 3 aromatic rings. The lowest BCUT2D eigenvalue weighted by molar-refractivity contribution is 0.306. The van der Waals surface area contributed by atoms with Gasteiger partial charge in [0.1, 0.15) is 12.4 Å². The van der Waals surface area contributed by atoms with Crippen LogP contribution in [0.1, 0.15) is 35.6 Å². The van der Waals surface area contributed by atoms with Crippen LogP contribution in [0.4, 0.5) is 0 Å². The van der Waals surface area contributed by atoms with Crippen LogP contribution in [-0.4, -0.2) is 6.04 Å². The molecule has 0 aliphatic carbocycles. The van der Waals surface area contributed by atoms with Crippen molar-refractivity contribution < 1.29 is 4.74 Å². The summed E-state index contributed by atoms with van der Waals surface area (Å²) >= 11 is 0. The number of rotatable bonds is 9. The topological polar surface area (TPSA) is 21.3 Å². The summed E-state index contributed by atoms with van der Waals surface area (Å²) in [6.45, 7) is 5.81. The normalized spacial score (nSPS) is 11.9. The molecule has 0 aliphatic heterocycles. The van der Waals surface area contributed by atoms with Crippen LogP contribution in [0.2, 0.25) is 0 Å². The van der Waals surface area contributed by atoms with Crippen molar-refractivity contribution in [3.8, 4) is 5.75 Å². The molecular weight excluding hydrogens is 330 g/mol. The highest BCUT2D eigenvalue weighted by atomic mass is 16.5. The van der Waals surface area contributed by atoms with Gasteiger partial charge in [-0.15, -0.1) is 0 Å². The molecular formula is C25H29NO. The number of hydrogen-bond donors (Lipinski definition) is 1. The predicted molar refractivity (Wildman–Crippen MR) is 113 cm³/mol. The van der Waals surface area contributed by atoms with E-state index in [0.717, 1.165) is 25.1 Å². The summed E-state index contributed by atoms with van der Waals surface area (Å²) in [7, 11) is 0. The van der Waals surface area contributed by atoms with E-state index in [1.807, 2.05) is 6.07 Å². The molecule has 0 amide bonds. The quantitative estimate of drug-likeness (QED) is 0.530. The maximum atomic E-state index is 5.96. The molecule has 2 heteroatoms. The summed E-state index contributed by atoms with van der Waals surface area (Å²) in [5.74, 6) is 0.923. The lowest BCUT2D eigenvalue weighted by atomic mass is 10.1. The largest absolute Gasteiger partial charge is 0.489 e. The Balaban J connectivity index is 1.44. The Kier molecular flexibility index (Phi) is 7.06. The highest BCUT2D eigenvalue weighted by Gasteiger charge is 2.04. The lowest BCUT2D eigenvalue weighted by Gasteiger charge is -2.14. The molecule has 0 fully saturated rings. The van der Waals surface area contributed by atoms with E-state index in [-0.39, 0.29) is 0 Å². The number of hydrogen-bond acceptors (Lipinski definition) is 2. The van der Waals surface area contributed by atoms with Crippen LogP contribution in [-0.2, 0) is 19.6 Å². The third kappa shape index (κ3) is 6.58. The highest BCUT2D eigenvalue weighted by Crippen LogP contribution is 2.16. The van der Waals surface area contributed by atoms with Gasteiger partial charge in [-0.3, -0.25) is 0 Å². The second-order valence-electron chi connectivity index (χ2n) is 7.23. The summed E-state index contributed by atoms with van der Waals surface area (Å²) in [4.78, 5) is 0. The van der Waals surface area contributed by atoms with E-state index in [9.17, 15) is 0 Å². The smallest absolute Gasteiger partial charge is 0.120 e. The molecule has 0 saturated carbocycles. The maximum Gasteiger partial charge on any atom is 0.120 e. The molecule has 3 rings (SSSR count). The Hall–Kier alpha value is -2.58. The van der Waals surface area contributed by atoms with E-state index in [0.29, 0.717) is 12.6 Å². The number of aryl methyl sites for hydroxylation is 2. The third-order valence-electron chi connectivity index (χ3n) is 4.79. The van der Waals surface area contributed by atoms with Gasteiger partial charge in [0.25, 0.3) is 0 Å². The van der Waals surface area contributed by atoms with Crippen molar-refractivity contribution in [3.63, 3.8) is 0 Å². The minimum Gasteiger partial charge on any atom is -0.489 e. The molecule has 0 heterocycles. The Labute approximate surface area is 163 Å². The second-order valence-corrected chi connectivity index (χ2v) is 7.23. The first-order valence-electron chi connectivity index (χ1n) is 9.73. The van der Waals surface area contributed by atoms with Crippen molar-refractivity contribution in [1.29, 1.82) is 0 Å². The second kappa shape index (κ2) is 9.94. The average Bonchev–Trinajstić information content (AvgIpc) is 2.71. The van der Waals surface area contributed by atoms with Crippen LogP contribution in [0.5, 0.6) is 5.75 Å². The standard InChI is InChI=1S/C25H29NO/c1-20-11-14-23(15-12-20)19-27-25-10-6-9-24(17-25)18-26-21(2)13-16-22-7-4-3-5-8-22/h3-12,14-15,17,21,26H,13,16,18-19H2,1-2H3. The van der Waals surface area contributed by atoms with Gasteiger partial charge in [-0.25, -0.2) is 0 Å². The summed E-state index contributed by atoms with van der Waals surface area (Å²) < 4.78 is 5.96. The number of ether oxygens (including phenoxy) is 1. The molecule has 2 nitrogen and oxygen atoms in total. The summed E-state index contributed by atoms with van der Waals surface area (Å²) in [6.07, 6.45) is 2.24. The van der Waals surface area contributed by atoms with Gasteiger partial charge in [0.05, 0.1) is 0 Å². The fourth-order valence-electron chi connectivity index (χ4n) is 3.02. The Morgan fingerprint density at radius 1 is 0.815 bits per heavy atom. The SMILES string of the molecule is Cc1ccc(COc2cccc(CNC(C)CCc3ccccc3)c2)cc1. The van der Waals surface area contributed by atoms with Crippen LogP contribution in [0.3, 0.4) is 0 Å². The minimum atomic E-state index is 0.474. The van der Waals surface area contributed by atoms with Crippen molar-refractivity contribution >= 4 is 0 Å². The fraction of sp³-hybridized carbons (Fsp3) is 0.280. The van der Waals surface area contributed by atoms with Gasteiger partial charge in [0.2, 0.25) is 0 Å². The maximum absolute atomic E-state index is 5.96. The molecule has 0 bridgehead atoms. The van der Waals surface area contributed by atoms with Gasteiger partial charge in [-0.2, -0.15) is 0 Å². The molecule has 3 aromatic carbocycles.